The summed E-state index contributed by atoms with van der Waals surface area (Å²) in [5, 5.41) is 0. The molecule has 0 bridgehead atoms. The molecule has 0 heterocycles. The zero-order chi connectivity index (χ0) is 9.94. The Kier molecular flexibility index (Phi) is 3.48. The molecule has 0 aromatic heterocycles. The van der Waals surface area contributed by atoms with Crippen LogP contribution < -0.4 is 0 Å². The van der Waals surface area contributed by atoms with Crippen molar-refractivity contribution in [2.24, 2.45) is 11.8 Å². The summed E-state index contributed by atoms with van der Waals surface area (Å²) in [4.78, 5) is 12.8. The predicted octanol–water partition coefficient (Wildman–Crippen LogP) is 2.25. The first-order valence-electron chi connectivity index (χ1n) is 3.19. The number of carbonyl (C=O) groups is 1. The van der Waals surface area contributed by atoms with Crippen molar-refractivity contribution in [3.63, 3.8) is 0 Å². The van der Waals surface area contributed by atoms with Crippen molar-refractivity contribution in [2.45, 2.75) is 20.0 Å². The second-order valence-corrected chi connectivity index (χ2v) is 2.66. The van der Waals surface area contributed by atoms with Gasteiger partial charge in [-0.05, 0) is 5.92 Å². The SMILES string of the molecule is CC(C)C(C(=O)OF)C(F)(F)F. The topological polar surface area (TPSA) is 26.3 Å². The fourth-order valence-electron chi connectivity index (χ4n) is 0.832. The molecule has 0 aromatic carbocycles. The van der Waals surface area contributed by atoms with Crippen molar-refractivity contribution in [2.75, 3.05) is 0 Å². The van der Waals surface area contributed by atoms with Gasteiger partial charge in [0.15, 0.2) is 5.92 Å². The summed E-state index contributed by atoms with van der Waals surface area (Å²) in [7, 11) is 0. The van der Waals surface area contributed by atoms with Gasteiger partial charge in [0.2, 0.25) is 0 Å². The van der Waals surface area contributed by atoms with E-state index >= 15 is 0 Å². The minimum absolute atomic E-state index is 1.03. The molecular weight excluding hydrogens is 180 g/mol. The van der Waals surface area contributed by atoms with Crippen molar-refractivity contribution in [3.8, 4) is 0 Å². The Bertz CT molecular complexity index is 163. The second-order valence-electron chi connectivity index (χ2n) is 2.66. The molecule has 0 aromatic rings. The Morgan fingerprint density at radius 3 is 1.83 bits per heavy atom. The van der Waals surface area contributed by atoms with Crippen molar-refractivity contribution >= 4 is 5.97 Å². The van der Waals surface area contributed by atoms with E-state index in [0.717, 1.165) is 13.8 Å². The van der Waals surface area contributed by atoms with E-state index in [1.807, 2.05) is 0 Å². The van der Waals surface area contributed by atoms with E-state index in [1.165, 1.54) is 0 Å². The zero-order valence-corrected chi connectivity index (χ0v) is 6.48. The monoisotopic (exact) mass is 188 g/mol. The summed E-state index contributed by atoms with van der Waals surface area (Å²) in [6, 6.07) is 0. The van der Waals surface area contributed by atoms with E-state index in [9.17, 15) is 22.5 Å². The Morgan fingerprint density at radius 1 is 1.33 bits per heavy atom. The lowest BCUT2D eigenvalue weighted by Gasteiger charge is -2.19. The van der Waals surface area contributed by atoms with Gasteiger partial charge in [-0.15, -0.1) is 0 Å². The van der Waals surface area contributed by atoms with Gasteiger partial charge in [-0.2, -0.15) is 13.2 Å². The van der Waals surface area contributed by atoms with Crippen molar-refractivity contribution in [1.29, 1.82) is 0 Å². The number of rotatable bonds is 2. The van der Waals surface area contributed by atoms with Crippen LogP contribution in [-0.2, 0) is 9.74 Å². The lowest BCUT2D eigenvalue weighted by Crippen LogP contribution is -2.35. The van der Waals surface area contributed by atoms with E-state index in [0.29, 0.717) is 0 Å². The Hall–Kier alpha value is -0.810. The molecule has 0 aliphatic rings. The van der Waals surface area contributed by atoms with Crippen LogP contribution in [0.4, 0.5) is 17.7 Å². The van der Waals surface area contributed by atoms with Crippen LogP contribution >= 0.6 is 0 Å². The Balaban J connectivity index is 4.56. The van der Waals surface area contributed by atoms with Crippen LogP contribution in [0, 0.1) is 11.8 Å². The third-order valence-corrected chi connectivity index (χ3v) is 1.35. The largest absolute Gasteiger partial charge is 0.402 e. The molecule has 72 valence electrons. The van der Waals surface area contributed by atoms with Crippen molar-refractivity contribution in [1.82, 2.24) is 0 Å². The molecule has 1 atom stereocenters. The van der Waals surface area contributed by atoms with E-state index in [1.54, 1.807) is 0 Å². The first kappa shape index (κ1) is 11.2. The Labute approximate surface area is 66.4 Å². The van der Waals surface area contributed by atoms with Crippen LogP contribution in [0.25, 0.3) is 0 Å². The smallest absolute Gasteiger partial charge is 0.254 e. The molecule has 2 nitrogen and oxygen atoms in total. The lowest BCUT2D eigenvalue weighted by molar-refractivity contribution is -0.229. The van der Waals surface area contributed by atoms with Crippen LogP contribution in [0.3, 0.4) is 0 Å². The quantitative estimate of drug-likeness (QED) is 0.621. The van der Waals surface area contributed by atoms with E-state index in [4.69, 9.17) is 0 Å². The molecule has 0 N–H and O–H groups in total. The summed E-state index contributed by atoms with van der Waals surface area (Å²) in [5.74, 6) is -5.31. The highest BCUT2D eigenvalue weighted by atomic mass is 19.4. The van der Waals surface area contributed by atoms with Gasteiger partial charge >= 0.3 is 12.1 Å². The Morgan fingerprint density at radius 2 is 1.75 bits per heavy atom. The lowest BCUT2D eigenvalue weighted by atomic mass is 9.96. The summed E-state index contributed by atoms with van der Waals surface area (Å²) in [6.45, 7) is 2.32. The maximum Gasteiger partial charge on any atom is 0.402 e. The fourth-order valence-corrected chi connectivity index (χ4v) is 0.832. The van der Waals surface area contributed by atoms with Gasteiger partial charge in [0.25, 0.3) is 0 Å². The van der Waals surface area contributed by atoms with Gasteiger partial charge in [0.1, 0.15) is 0 Å². The molecule has 0 aliphatic carbocycles. The minimum Gasteiger partial charge on any atom is -0.254 e. The fraction of sp³-hybridized carbons (Fsp3) is 0.833. The molecule has 0 rings (SSSR count). The number of alkyl halides is 3. The molecule has 1 unspecified atom stereocenters. The molecule has 0 saturated heterocycles. The molecular formula is C6H8F4O2. The standard InChI is InChI=1S/C6H8F4O2/c1-3(2)4(5(11)12-10)6(7,8)9/h3-4H,1-2H3. The van der Waals surface area contributed by atoms with Crippen LogP contribution in [0.5, 0.6) is 0 Å². The average Bonchev–Trinajstić information content (AvgIpc) is 1.83. The number of hydrogen-bond donors (Lipinski definition) is 0. The van der Waals surface area contributed by atoms with E-state index < -0.39 is 24.0 Å². The van der Waals surface area contributed by atoms with Gasteiger partial charge in [0, 0.05) is 4.53 Å². The number of carbonyl (C=O) groups excluding carboxylic acids is 1. The van der Waals surface area contributed by atoms with Gasteiger partial charge < -0.3 is 0 Å². The third-order valence-electron chi connectivity index (χ3n) is 1.35. The summed E-state index contributed by atoms with van der Waals surface area (Å²) < 4.78 is 47.0. The molecule has 0 radical (unpaired) electrons. The van der Waals surface area contributed by atoms with Crippen LogP contribution in [0.2, 0.25) is 0 Å². The molecule has 0 spiro atoms. The van der Waals surface area contributed by atoms with Crippen molar-refractivity contribution in [3.05, 3.63) is 0 Å². The van der Waals surface area contributed by atoms with E-state index in [-0.39, 0.29) is 0 Å². The zero-order valence-electron chi connectivity index (χ0n) is 6.48. The highest BCUT2D eigenvalue weighted by Gasteiger charge is 2.48. The average molecular weight is 188 g/mol. The van der Waals surface area contributed by atoms with Crippen molar-refractivity contribution < 1.29 is 27.4 Å². The summed E-state index contributed by atoms with van der Waals surface area (Å²) in [5.41, 5.74) is 0. The normalized spacial score (nSPS) is 14.6. The molecule has 0 saturated carbocycles. The van der Waals surface area contributed by atoms with Gasteiger partial charge in [-0.1, -0.05) is 13.8 Å². The van der Waals surface area contributed by atoms with Crippen LogP contribution in [0.1, 0.15) is 13.8 Å². The highest BCUT2D eigenvalue weighted by Crippen LogP contribution is 2.32. The molecule has 0 fully saturated rings. The van der Waals surface area contributed by atoms with E-state index in [2.05, 4.69) is 4.94 Å². The maximum absolute atomic E-state index is 11.9. The molecule has 12 heavy (non-hydrogen) atoms. The van der Waals surface area contributed by atoms with Gasteiger partial charge in [0.05, 0.1) is 0 Å². The highest BCUT2D eigenvalue weighted by molar-refractivity contribution is 5.72. The van der Waals surface area contributed by atoms with Gasteiger partial charge in [-0.3, -0.25) is 4.94 Å². The predicted molar refractivity (Wildman–Crippen MR) is 31.6 cm³/mol. The first-order valence-corrected chi connectivity index (χ1v) is 3.19. The number of hydrogen-bond acceptors (Lipinski definition) is 2. The van der Waals surface area contributed by atoms with Gasteiger partial charge in [-0.25, -0.2) is 4.79 Å². The first-order chi connectivity index (χ1) is 5.30. The van der Waals surface area contributed by atoms with Crippen LogP contribution in [0.15, 0.2) is 0 Å². The van der Waals surface area contributed by atoms with Crippen LogP contribution in [-0.4, -0.2) is 12.1 Å². The molecule has 6 heteroatoms. The summed E-state index contributed by atoms with van der Waals surface area (Å²) in [6.07, 6.45) is -4.75. The minimum atomic E-state index is -4.75. The summed E-state index contributed by atoms with van der Waals surface area (Å²) >= 11 is 0. The third kappa shape index (κ3) is 2.67. The number of halogens is 4. The molecule has 0 amide bonds. The maximum atomic E-state index is 11.9. The molecule has 0 aliphatic heterocycles. The second kappa shape index (κ2) is 3.73.